The average molecular weight is 468 g/mol. The number of benzene rings is 3. The lowest BCUT2D eigenvalue weighted by Gasteiger charge is -2.20. The number of anilines is 1. The van der Waals surface area contributed by atoms with Gasteiger partial charge in [-0.25, -0.2) is 4.98 Å². The van der Waals surface area contributed by atoms with Crippen LogP contribution in [0.25, 0.3) is 11.0 Å². The molecule has 1 aliphatic rings. The standard InChI is InChI=1S/C30H33N3O2/c1-20(2)24-9-5-8-12-28(24)35-16-15-32-27-11-7-6-10-25(27)31-30(32)23-18-29(34)33(19-23)26-14-13-21(3)17-22(26)4/h5-14,17,20,23H,15-16,18-19H2,1-4H3. The number of aromatic nitrogens is 2. The van der Waals surface area contributed by atoms with Crippen molar-refractivity contribution in [2.45, 2.75) is 52.5 Å². The molecule has 1 unspecified atom stereocenters. The molecule has 0 spiro atoms. The SMILES string of the molecule is Cc1ccc(N2CC(c3nc4ccccc4n3CCOc3ccccc3C(C)C)CC2=O)c(C)c1. The van der Waals surface area contributed by atoms with Crippen molar-refractivity contribution < 1.29 is 9.53 Å². The highest BCUT2D eigenvalue weighted by Gasteiger charge is 2.35. The van der Waals surface area contributed by atoms with E-state index in [-0.39, 0.29) is 11.8 Å². The Bertz CT molecular complexity index is 1370. The molecule has 1 atom stereocenters. The number of ether oxygens (including phenoxy) is 1. The van der Waals surface area contributed by atoms with Crippen LogP contribution in [-0.2, 0) is 11.3 Å². The third-order valence-electron chi connectivity index (χ3n) is 6.93. The lowest BCUT2D eigenvalue weighted by Crippen LogP contribution is -2.25. The molecule has 5 rings (SSSR count). The number of carbonyl (C=O) groups excluding carboxylic acids is 1. The molecule has 180 valence electrons. The van der Waals surface area contributed by atoms with Gasteiger partial charge in [-0.1, -0.05) is 61.9 Å². The lowest BCUT2D eigenvalue weighted by atomic mass is 10.0. The number of fused-ring (bicyclic) bond motifs is 1. The minimum atomic E-state index is 0.0403. The smallest absolute Gasteiger partial charge is 0.227 e. The van der Waals surface area contributed by atoms with Crippen LogP contribution in [0.5, 0.6) is 5.75 Å². The Kier molecular flexibility index (Phi) is 6.33. The van der Waals surface area contributed by atoms with E-state index < -0.39 is 0 Å². The number of amides is 1. The van der Waals surface area contributed by atoms with Gasteiger partial charge in [0.25, 0.3) is 0 Å². The number of carbonyl (C=O) groups is 1. The number of hydrogen-bond donors (Lipinski definition) is 0. The molecule has 1 fully saturated rings. The van der Waals surface area contributed by atoms with Gasteiger partial charge in [-0.2, -0.15) is 0 Å². The molecule has 5 heteroatoms. The van der Waals surface area contributed by atoms with Gasteiger partial charge < -0.3 is 14.2 Å². The van der Waals surface area contributed by atoms with Crippen LogP contribution in [0, 0.1) is 13.8 Å². The molecular formula is C30H33N3O2. The third-order valence-corrected chi connectivity index (χ3v) is 6.93. The maximum Gasteiger partial charge on any atom is 0.227 e. The minimum Gasteiger partial charge on any atom is -0.491 e. The second kappa shape index (κ2) is 9.57. The van der Waals surface area contributed by atoms with Crippen molar-refractivity contribution in [3.8, 4) is 5.75 Å². The van der Waals surface area contributed by atoms with Gasteiger partial charge in [-0.05, 0) is 55.2 Å². The Hall–Kier alpha value is -3.60. The normalized spacial score (nSPS) is 16.0. The number of imidazole rings is 1. The van der Waals surface area contributed by atoms with Gasteiger partial charge in [0.2, 0.25) is 5.91 Å². The van der Waals surface area contributed by atoms with Crippen LogP contribution in [0.3, 0.4) is 0 Å². The topological polar surface area (TPSA) is 47.4 Å². The van der Waals surface area contributed by atoms with Crippen molar-refractivity contribution in [3.05, 3.63) is 89.2 Å². The first-order chi connectivity index (χ1) is 16.9. The molecule has 3 aromatic carbocycles. The van der Waals surface area contributed by atoms with Crippen molar-refractivity contribution >= 4 is 22.6 Å². The summed E-state index contributed by atoms with van der Waals surface area (Å²) < 4.78 is 8.50. The van der Waals surface area contributed by atoms with Crippen LogP contribution in [0.4, 0.5) is 5.69 Å². The zero-order valence-corrected chi connectivity index (χ0v) is 21.0. The summed E-state index contributed by atoms with van der Waals surface area (Å²) in [6, 6.07) is 22.7. The fourth-order valence-electron chi connectivity index (χ4n) is 5.20. The van der Waals surface area contributed by atoms with Crippen molar-refractivity contribution in [2.24, 2.45) is 0 Å². The molecule has 0 N–H and O–H groups in total. The summed E-state index contributed by atoms with van der Waals surface area (Å²) in [5.41, 5.74) is 6.59. The van der Waals surface area contributed by atoms with E-state index in [2.05, 4.69) is 68.7 Å². The van der Waals surface area contributed by atoms with E-state index in [1.54, 1.807) is 0 Å². The molecular weight excluding hydrogens is 434 g/mol. The highest BCUT2D eigenvalue weighted by atomic mass is 16.5. The number of nitrogens with zero attached hydrogens (tertiary/aromatic N) is 3. The Labute approximate surface area is 207 Å². The summed E-state index contributed by atoms with van der Waals surface area (Å²) in [5, 5.41) is 0. The second-order valence-electron chi connectivity index (χ2n) is 9.85. The molecule has 0 bridgehead atoms. The highest BCUT2D eigenvalue weighted by molar-refractivity contribution is 5.97. The summed E-state index contributed by atoms with van der Waals surface area (Å²) in [7, 11) is 0. The molecule has 1 amide bonds. The van der Waals surface area contributed by atoms with Crippen molar-refractivity contribution in [1.29, 1.82) is 0 Å². The highest BCUT2D eigenvalue weighted by Crippen LogP contribution is 2.35. The quantitative estimate of drug-likeness (QED) is 0.317. The van der Waals surface area contributed by atoms with Crippen LogP contribution in [0.1, 0.15) is 54.6 Å². The molecule has 0 saturated carbocycles. The molecule has 0 aliphatic carbocycles. The first kappa shape index (κ1) is 23.2. The number of para-hydroxylation sites is 3. The predicted octanol–water partition coefficient (Wildman–Crippen LogP) is 6.38. The van der Waals surface area contributed by atoms with Gasteiger partial charge >= 0.3 is 0 Å². The summed E-state index contributed by atoms with van der Waals surface area (Å²) in [4.78, 5) is 20.0. The maximum absolute atomic E-state index is 13.1. The van der Waals surface area contributed by atoms with E-state index in [1.807, 2.05) is 35.2 Å². The Morgan fingerprint density at radius 2 is 1.80 bits per heavy atom. The zero-order chi connectivity index (χ0) is 24.5. The van der Waals surface area contributed by atoms with Crippen molar-refractivity contribution in [2.75, 3.05) is 18.1 Å². The molecule has 0 radical (unpaired) electrons. The molecule has 4 aromatic rings. The van der Waals surface area contributed by atoms with E-state index in [9.17, 15) is 4.79 Å². The third kappa shape index (κ3) is 4.55. The summed E-state index contributed by atoms with van der Waals surface area (Å²) in [5.74, 6) is 2.50. The molecule has 35 heavy (non-hydrogen) atoms. The fraction of sp³-hybridized carbons (Fsp3) is 0.333. The van der Waals surface area contributed by atoms with E-state index in [4.69, 9.17) is 9.72 Å². The van der Waals surface area contributed by atoms with E-state index in [1.165, 1.54) is 11.1 Å². The Morgan fingerprint density at radius 1 is 1.03 bits per heavy atom. The number of hydrogen-bond acceptors (Lipinski definition) is 3. The monoisotopic (exact) mass is 467 g/mol. The van der Waals surface area contributed by atoms with Crippen LogP contribution < -0.4 is 9.64 Å². The van der Waals surface area contributed by atoms with Crippen LogP contribution in [-0.4, -0.2) is 28.6 Å². The first-order valence-electron chi connectivity index (χ1n) is 12.5. The van der Waals surface area contributed by atoms with Gasteiger partial charge in [0, 0.05) is 24.6 Å². The van der Waals surface area contributed by atoms with E-state index in [0.717, 1.165) is 33.9 Å². The Morgan fingerprint density at radius 3 is 2.60 bits per heavy atom. The first-order valence-corrected chi connectivity index (χ1v) is 12.5. The largest absolute Gasteiger partial charge is 0.491 e. The van der Waals surface area contributed by atoms with E-state index in [0.29, 0.717) is 32.0 Å². The van der Waals surface area contributed by atoms with Gasteiger partial charge in [0.1, 0.15) is 18.2 Å². The molecule has 1 aliphatic heterocycles. The molecule has 2 heterocycles. The summed E-state index contributed by atoms with van der Waals surface area (Å²) in [6.07, 6.45) is 0.466. The van der Waals surface area contributed by atoms with Crippen LogP contribution >= 0.6 is 0 Å². The van der Waals surface area contributed by atoms with Gasteiger partial charge in [0.05, 0.1) is 17.6 Å². The number of aryl methyl sites for hydroxylation is 2. The summed E-state index contributed by atoms with van der Waals surface area (Å²) in [6.45, 7) is 10.4. The lowest BCUT2D eigenvalue weighted by molar-refractivity contribution is -0.117. The second-order valence-corrected chi connectivity index (χ2v) is 9.85. The minimum absolute atomic E-state index is 0.0403. The van der Waals surface area contributed by atoms with Crippen molar-refractivity contribution in [1.82, 2.24) is 9.55 Å². The molecule has 1 saturated heterocycles. The van der Waals surface area contributed by atoms with Crippen LogP contribution in [0.15, 0.2) is 66.7 Å². The fourth-order valence-corrected chi connectivity index (χ4v) is 5.20. The number of rotatable bonds is 7. The zero-order valence-electron chi connectivity index (χ0n) is 21.0. The average Bonchev–Trinajstić information content (AvgIpc) is 3.40. The van der Waals surface area contributed by atoms with Gasteiger partial charge in [-0.3, -0.25) is 4.79 Å². The van der Waals surface area contributed by atoms with Crippen LogP contribution in [0.2, 0.25) is 0 Å². The Balaban J connectivity index is 1.41. The van der Waals surface area contributed by atoms with Gasteiger partial charge in [-0.15, -0.1) is 0 Å². The summed E-state index contributed by atoms with van der Waals surface area (Å²) >= 11 is 0. The molecule has 1 aromatic heterocycles. The maximum atomic E-state index is 13.1. The van der Waals surface area contributed by atoms with Gasteiger partial charge in [0.15, 0.2) is 0 Å². The van der Waals surface area contributed by atoms with E-state index >= 15 is 0 Å². The van der Waals surface area contributed by atoms with Crippen molar-refractivity contribution in [3.63, 3.8) is 0 Å². The predicted molar refractivity (Wildman–Crippen MR) is 141 cm³/mol. The molecule has 5 nitrogen and oxygen atoms in total.